The average Bonchev–Trinajstić information content (AvgIpc) is 2.92. The van der Waals surface area contributed by atoms with Crippen LogP contribution in [0.1, 0.15) is 31.8 Å². The number of fused-ring (bicyclic) bond motifs is 2. The van der Waals surface area contributed by atoms with Crippen LogP contribution in [0.25, 0.3) is 0 Å². The second kappa shape index (κ2) is 4.81. The Bertz CT molecular complexity index is 879. The van der Waals surface area contributed by atoms with Crippen molar-refractivity contribution in [2.45, 2.75) is 13.8 Å². The zero-order chi connectivity index (χ0) is 17.2. The van der Waals surface area contributed by atoms with Gasteiger partial charge in [0.05, 0.1) is 11.4 Å². The first kappa shape index (κ1) is 14.7. The number of benzene rings is 2. The Hall–Kier alpha value is -2.88. The van der Waals surface area contributed by atoms with E-state index in [0.717, 1.165) is 22.5 Å². The van der Waals surface area contributed by atoms with Crippen LogP contribution in [0.15, 0.2) is 47.8 Å². The van der Waals surface area contributed by atoms with Crippen LogP contribution in [-0.4, -0.2) is 25.7 Å². The molecule has 0 aliphatic carbocycles. The van der Waals surface area contributed by atoms with E-state index in [1.165, 1.54) is 0 Å². The van der Waals surface area contributed by atoms with Crippen molar-refractivity contribution in [1.82, 2.24) is 0 Å². The molecule has 2 aromatic rings. The quantitative estimate of drug-likeness (QED) is 0.697. The van der Waals surface area contributed by atoms with Gasteiger partial charge in [0, 0.05) is 25.2 Å². The maximum absolute atomic E-state index is 13.0. The molecule has 24 heavy (non-hydrogen) atoms. The minimum Gasteiger partial charge on any atom is -0.339 e. The van der Waals surface area contributed by atoms with Gasteiger partial charge in [-0.25, -0.2) is 0 Å². The summed E-state index contributed by atoms with van der Waals surface area (Å²) in [6, 6.07) is 11.6. The Labute approximate surface area is 141 Å². The van der Waals surface area contributed by atoms with Crippen LogP contribution in [0.5, 0.6) is 0 Å². The van der Waals surface area contributed by atoms with Gasteiger partial charge in [0.15, 0.2) is 0 Å². The van der Waals surface area contributed by atoms with Crippen molar-refractivity contribution in [1.29, 1.82) is 0 Å². The van der Waals surface area contributed by atoms with Gasteiger partial charge in [0.25, 0.3) is 0 Å². The van der Waals surface area contributed by atoms with E-state index >= 15 is 0 Å². The number of rotatable bonds is 0. The highest BCUT2D eigenvalue weighted by atomic mass is 16.1. The van der Waals surface area contributed by atoms with E-state index in [0.29, 0.717) is 22.5 Å². The fourth-order valence-electron chi connectivity index (χ4n) is 3.58. The summed E-state index contributed by atoms with van der Waals surface area (Å²) in [4.78, 5) is 29.6. The highest BCUT2D eigenvalue weighted by molar-refractivity contribution is 6.28. The molecule has 0 amide bonds. The number of carbonyl (C=O) groups is 2. The van der Waals surface area contributed by atoms with Gasteiger partial charge in [-0.3, -0.25) is 9.59 Å². The van der Waals surface area contributed by atoms with Gasteiger partial charge >= 0.3 is 0 Å². The number of allylic oxidation sites excluding steroid dienone is 2. The second-order valence-corrected chi connectivity index (χ2v) is 6.51. The van der Waals surface area contributed by atoms with Gasteiger partial charge in [-0.15, -0.1) is 0 Å². The molecule has 4 heteroatoms. The molecule has 0 saturated carbocycles. The molecular formula is C20H18N2O2. The summed E-state index contributed by atoms with van der Waals surface area (Å²) >= 11 is 0. The average molecular weight is 318 g/mol. The van der Waals surface area contributed by atoms with Crippen LogP contribution in [-0.2, 0) is 0 Å². The lowest BCUT2D eigenvalue weighted by atomic mass is 10.0. The monoisotopic (exact) mass is 318 g/mol. The lowest BCUT2D eigenvalue weighted by molar-refractivity contribution is 0.100. The van der Waals surface area contributed by atoms with Gasteiger partial charge in [-0.1, -0.05) is 23.3 Å². The molecule has 0 aromatic heterocycles. The Kier molecular flexibility index (Phi) is 2.94. The molecular weight excluding hydrogens is 300 g/mol. The molecule has 4 nitrogen and oxygen atoms in total. The second-order valence-electron chi connectivity index (χ2n) is 6.51. The zero-order valence-corrected chi connectivity index (χ0v) is 14.2. The third-order valence-electron chi connectivity index (χ3n) is 4.84. The third-order valence-corrected chi connectivity index (χ3v) is 4.84. The molecule has 0 saturated heterocycles. The Balaban J connectivity index is 1.93. The predicted molar refractivity (Wildman–Crippen MR) is 94.9 cm³/mol. The van der Waals surface area contributed by atoms with E-state index in [1.807, 2.05) is 74.1 Å². The fraction of sp³-hybridized carbons (Fsp3) is 0.200. The highest BCUT2D eigenvalue weighted by Crippen LogP contribution is 2.41. The smallest absolute Gasteiger partial charge is 0.213 e. The van der Waals surface area contributed by atoms with Gasteiger partial charge in [-0.05, 0) is 38.1 Å². The van der Waals surface area contributed by atoms with Gasteiger partial charge < -0.3 is 9.80 Å². The molecule has 2 aromatic carbocycles. The van der Waals surface area contributed by atoms with Crippen LogP contribution in [0.3, 0.4) is 0 Å². The van der Waals surface area contributed by atoms with E-state index in [1.54, 1.807) is 0 Å². The van der Waals surface area contributed by atoms with Gasteiger partial charge in [0.1, 0.15) is 11.4 Å². The SMILES string of the molecule is Cc1ccc2c(c1)C(=O)/C(=C1/C(=O)c3cc(C)ccc3N1C)N2C. The molecule has 0 fully saturated rings. The number of aryl methyl sites for hydroxylation is 2. The lowest BCUT2D eigenvalue weighted by Crippen LogP contribution is -2.25. The van der Waals surface area contributed by atoms with E-state index in [9.17, 15) is 9.59 Å². The largest absolute Gasteiger partial charge is 0.339 e. The molecule has 0 spiro atoms. The topological polar surface area (TPSA) is 40.6 Å². The maximum atomic E-state index is 13.0. The number of hydrogen-bond donors (Lipinski definition) is 0. The van der Waals surface area contributed by atoms with E-state index in [-0.39, 0.29) is 11.6 Å². The Morgan fingerprint density at radius 2 is 1.04 bits per heavy atom. The minimum atomic E-state index is -0.0871. The van der Waals surface area contributed by atoms with Crippen LogP contribution in [0.2, 0.25) is 0 Å². The Morgan fingerprint density at radius 1 is 0.667 bits per heavy atom. The number of nitrogens with zero attached hydrogens (tertiary/aromatic N) is 2. The zero-order valence-electron chi connectivity index (χ0n) is 14.2. The first-order valence-electron chi connectivity index (χ1n) is 7.92. The van der Waals surface area contributed by atoms with Crippen LogP contribution in [0, 0.1) is 13.8 Å². The van der Waals surface area contributed by atoms with Crippen molar-refractivity contribution in [3.63, 3.8) is 0 Å². The number of ketones is 2. The molecule has 0 radical (unpaired) electrons. The number of likely N-dealkylation sites (N-methyl/N-ethyl adjacent to an activating group) is 2. The summed E-state index contributed by atoms with van der Waals surface area (Å²) in [6.07, 6.45) is 0. The minimum absolute atomic E-state index is 0.0871. The first-order valence-corrected chi connectivity index (χ1v) is 7.92. The van der Waals surface area contributed by atoms with Crippen LogP contribution >= 0.6 is 0 Å². The first-order chi connectivity index (χ1) is 11.4. The van der Waals surface area contributed by atoms with Crippen molar-refractivity contribution < 1.29 is 9.59 Å². The highest BCUT2D eigenvalue weighted by Gasteiger charge is 2.40. The van der Waals surface area contributed by atoms with Gasteiger partial charge in [-0.2, -0.15) is 0 Å². The fourth-order valence-corrected chi connectivity index (χ4v) is 3.58. The molecule has 0 unspecified atom stereocenters. The third kappa shape index (κ3) is 1.80. The van der Waals surface area contributed by atoms with Crippen molar-refractivity contribution >= 4 is 22.9 Å². The molecule has 0 N–H and O–H groups in total. The summed E-state index contributed by atoms with van der Waals surface area (Å²) < 4.78 is 0. The Morgan fingerprint density at radius 3 is 1.42 bits per heavy atom. The van der Waals surface area contributed by atoms with E-state index < -0.39 is 0 Å². The molecule has 0 bridgehead atoms. The predicted octanol–water partition coefficient (Wildman–Crippen LogP) is 3.48. The normalized spacial score (nSPS) is 19.2. The van der Waals surface area contributed by atoms with Crippen molar-refractivity contribution in [2.75, 3.05) is 23.9 Å². The molecule has 2 aliphatic heterocycles. The summed E-state index contributed by atoms with van der Waals surface area (Å²) in [5, 5.41) is 0. The summed E-state index contributed by atoms with van der Waals surface area (Å²) in [6.45, 7) is 3.92. The van der Waals surface area contributed by atoms with E-state index in [2.05, 4.69) is 0 Å². The lowest BCUT2D eigenvalue weighted by Gasteiger charge is -2.20. The molecule has 0 atom stereocenters. The molecule has 120 valence electrons. The number of Topliss-reactive ketones (excluding diaryl/α,β-unsaturated/α-hetero) is 2. The standard InChI is InChI=1S/C20H18N2O2/c1-11-5-7-15-13(9-11)19(23)17(21(15)3)18-20(24)14-10-12(2)6-8-16(14)22(18)4/h5-10H,1-4H3/b18-17+. The summed E-state index contributed by atoms with van der Waals surface area (Å²) in [7, 11) is 3.69. The van der Waals surface area contributed by atoms with Crippen LogP contribution in [0.4, 0.5) is 11.4 Å². The van der Waals surface area contributed by atoms with Crippen LogP contribution < -0.4 is 9.80 Å². The number of hydrogen-bond acceptors (Lipinski definition) is 4. The van der Waals surface area contributed by atoms with Crippen molar-refractivity contribution in [3.05, 3.63) is 70.0 Å². The number of carbonyl (C=O) groups excluding carboxylic acids is 2. The molecule has 2 aliphatic rings. The molecule has 4 rings (SSSR count). The summed E-state index contributed by atoms with van der Waals surface area (Å²) in [5.74, 6) is -0.174. The summed E-state index contributed by atoms with van der Waals surface area (Å²) in [5.41, 5.74) is 6.00. The van der Waals surface area contributed by atoms with Crippen molar-refractivity contribution in [2.24, 2.45) is 0 Å². The maximum Gasteiger partial charge on any atom is 0.213 e. The molecule has 2 heterocycles. The van der Waals surface area contributed by atoms with Crippen molar-refractivity contribution in [3.8, 4) is 0 Å². The number of anilines is 2. The van der Waals surface area contributed by atoms with E-state index in [4.69, 9.17) is 0 Å². The van der Waals surface area contributed by atoms with Gasteiger partial charge in [0.2, 0.25) is 11.6 Å².